The molecule has 11 heavy (non-hydrogen) atoms. The van der Waals surface area contributed by atoms with Gasteiger partial charge in [0.2, 0.25) is 0 Å². The van der Waals surface area contributed by atoms with E-state index >= 15 is 0 Å². The Bertz CT molecular complexity index is 300. The Kier molecular flexibility index (Phi) is 2.30. The normalized spacial score (nSPS) is 9.64. The fourth-order valence-electron chi connectivity index (χ4n) is 0.767. The van der Waals surface area contributed by atoms with Crippen LogP contribution in [-0.2, 0) is 0 Å². The molecule has 1 rings (SSSR count). The molecule has 0 N–H and O–H groups in total. The van der Waals surface area contributed by atoms with Crippen molar-refractivity contribution in [1.29, 1.82) is 0 Å². The number of carbonyl (C=O) groups is 1. The van der Waals surface area contributed by atoms with Crippen LogP contribution in [0.25, 0.3) is 0 Å². The minimum absolute atomic E-state index is 0.325. The van der Waals surface area contributed by atoms with Gasteiger partial charge in [-0.2, -0.15) is 0 Å². The summed E-state index contributed by atoms with van der Waals surface area (Å²) in [5.74, 6) is -0.327. The van der Waals surface area contributed by atoms with Crippen LogP contribution in [0.5, 0.6) is 0 Å². The number of hydrogen-bond acceptors (Lipinski definition) is 1. The van der Waals surface area contributed by atoms with Crippen molar-refractivity contribution in [2.24, 2.45) is 0 Å². The van der Waals surface area contributed by atoms with Gasteiger partial charge < -0.3 is 0 Å². The Balaban J connectivity index is 3.15. The summed E-state index contributed by atoms with van der Waals surface area (Å²) < 4.78 is 12.6. The fourth-order valence-corrected chi connectivity index (χ4v) is 0.885. The summed E-state index contributed by atoms with van der Waals surface area (Å²) in [6, 6.07) is 4.01. The molecule has 0 aliphatic rings. The molecule has 0 amide bonds. The third kappa shape index (κ3) is 1.81. The number of halogens is 2. The van der Waals surface area contributed by atoms with Crippen molar-refractivity contribution in [3.05, 3.63) is 29.6 Å². The van der Waals surface area contributed by atoms with Crippen LogP contribution in [0, 0.1) is 5.82 Å². The molecular formula is C7H5BClFO. The molecular weight excluding hydrogens is 165 g/mol. The molecule has 0 aliphatic carbocycles. The maximum Gasteiger partial charge on any atom is 0.252 e. The summed E-state index contributed by atoms with van der Waals surface area (Å²) in [5.41, 5.74) is 0.752. The second-order valence-corrected chi connectivity index (χ2v) is 2.58. The van der Waals surface area contributed by atoms with Gasteiger partial charge in [-0.1, -0.05) is 11.5 Å². The molecule has 0 saturated heterocycles. The van der Waals surface area contributed by atoms with Crippen LogP contribution in [0.2, 0.25) is 0 Å². The summed E-state index contributed by atoms with van der Waals surface area (Å²) in [6.07, 6.45) is 0. The van der Waals surface area contributed by atoms with E-state index in [-0.39, 0.29) is 5.82 Å². The Morgan fingerprint density at radius 3 is 2.64 bits per heavy atom. The highest BCUT2D eigenvalue weighted by atomic mass is 35.5. The van der Waals surface area contributed by atoms with Crippen molar-refractivity contribution in [2.45, 2.75) is 0 Å². The summed E-state index contributed by atoms with van der Waals surface area (Å²) in [7, 11) is 1.58. The molecule has 0 bridgehead atoms. The minimum Gasteiger partial charge on any atom is -0.276 e. The number of hydrogen-bond donors (Lipinski definition) is 0. The smallest absolute Gasteiger partial charge is 0.252 e. The van der Waals surface area contributed by atoms with E-state index in [0.717, 1.165) is 0 Å². The van der Waals surface area contributed by atoms with E-state index in [2.05, 4.69) is 0 Å². The molecule has 1 nitrogen and oxygen atoms in total. The molecule has 0 saturated carbocycles. The molecule has 0 aliphatic heterocycles. The summed E-state index contributed by atoms with van der Waals surface area (Å²) in [6.45, 7) is 0. The molecule has 0 heterocycles. The van der Waals surface area contributed by atoms with Crippen LogP contribution >= 0.6 is 11.6 Å². The molecule has 0 radical (unpaired) electrons. The first-order valence-electron chi connectivity index (χ1n) is 3.07. The van der Waals surface area contributed by atoms with Crippen LogP contribution < -0.4 is 5.46 Å². The van der Waals surface area contributed by atoms with E-state index in [1.54, 1.807) is 7.85 Å². The number of rotatable bonds is 1. The monoisotopic (exact) mass is 170 g/mol. The first kappa shape index (κ1) is 8.27. The Morgan fingerprint density at radius 1 is 1.55 bits per heavy atom. The quantitative estimate of drug-likeness (QED) is 0.442. The van der Waals surface area contributed by atoms with Crippen molar-refractivity contribution >= 4 is 30.2 Å². The molecule has 1 aromatic rings. The zero-order valence-corrected chi connectivity index (χ0v) is 6.65. The van der Waals surface area contributed by atoms with E-state index in [1.807, 2.05) is 0 Å². The van der Waals surface area contributed by atoms with Crippen molar-refractivity contribution < 1.29 is 9.18 Å². The van der Waals surface area contributed by atoms with E-state index in [4.69, 9.17) is 11.6 Å². The van der Waals surface area contributed by atoms with Gasteiger partial charge in [-0.3, -0.25) is 4.79 Å². The van der Waals surface area contributed by atoms with Crippen molar-refractivity contribution in [2.75, 3.05) is 0 Å². The van der Waals surface area contributed by atoms with E-state index in [0.29, 0.717) is 11.0 Å². The average Bonchev–Trinajstić information content (AvgIpc) is 1.94. The predicted molar refractivity (Wildman–Crippen MR) is 44.8 cm³/mol. The van der Waals surface area contributed by atoms with Crippen LogP contribution in [0.4, 0.5) is 4.39 Å². The zero-order chi connectivity index (χ0) is 8.43. The van der Waals surface area contributed by atoms with Crippen LogP contribution in [0.15, 0.2) is 18.2 Å². The fraction of sp³-hybridized carbons (Fsp3) is 0. The highest BCUT2D eigenvalue weighted by Gasteiger charge is 2.03. The van der Waals surface area contributed by atoms with Gasteiger partial charge in [0.1, 0.15) is 13.7 Å². The average molecular weight is 170 g/mol. The molecule has 56 valence electrons. The standard InChI is InChI=1S/C7H5BClFO/c8-5-3-4(7(9)11)1-2-6(5)10/h1-3H,8H2. The van der Waals surface area contributed by atoms with Gasteiger partial charge in [-0.15, -0.1) is 0 Å². The predicted octanol–water partition coefficient (Wildman–Crippen LogP) is 0.463. The highest BCUT2D eigenvalue weighted by molar-refractivity contribution is 6.67. The van der Waals surface area contributed by atoms with Crippen LogP contribution in [0.3, 0.4) is 0 Å². The maximum absolute atomic E-state index is 12.6. The molecule has 0 spiro atoms. The lowest BCUT2D eigenvalue weighted by Gasteiger charge is -1.96. The SMILES string of the molecule is Bc1cc(C(=O)Cl)ccc1F. The summed E-state index contributed by atoms with van der Waals surface area (Å²) >= 11 is 5.17. The first-order chi connectivity index (χ1) is 5.11. The van der Waals surface area contributed by atoms with Crippen LogP contribution in [0.1, 0.15) is 10.4 Å². The second-order valence-electron chi connectivity index (χ2n) is 2.24. The Hall–Kier alpha value is -0.825. The molecule has 0 fully saturated rings. The first-order valence-corrected chi connectivity index (χ1v) is 3.45. The maximum atomic E-state index is 12.6. The Labute approximate surface area is 69.6 Å². The molecule has 0 unspecified atom stereocenters. The number of carbonyl (C=O) groups excluding carboxylic acids is 1. The van der Waals surface area contributed by atoms with Gasteiger partial charge in [0, 0.05) is 5.56 Å². The molecule has 0 atom stereocenters. The third-order valence-electron chi connectivity index (χ3n) is 1.38. The van der Waals surface area contributed by atoms with Crippen molar-refractivity contribution in [3.63, 3.8) is 0 Å². The molecule has 1 aromatic carbocycles. The van der Waals surface area contributed by atoms with Gasteiger partial charge in [0.25, 0.3) is 5.24 Å². The lowest BCUT2D eigenvalue weighted by Crippen LogP contribution is -2.09. The second kappa shape index (κ2) is 3.05. The lowest BCUT2D eigenvalue weighted by atomic mass is 9.94. The number of benzene rings is 1. The topological polar surface area (TPSA) is 17.1 Å². The zero-order valence-electron chi connectivity index (χ0n) is 5.90. The summed E-state index contributed by atoms with van der Waals surface area (Å²) in [4.78, 5) is 10.6. The van der Waals surface area contributed by atoms with E-state index in [1.165, 1.54) is 18.2 Å². The van der Waals surface area contributed by atoms with Crippen molar-refractivity contribution in [1.82, 2.24) is 0 Å². The van der Waals surface area contributed by atoms with Gasteiger partial charge in [0.15, 0.2) is 0 Å². The molecule has 0 aromatic heterocycles. The molecule has 4 heteroatoms. The van der Waals surface area contributed by atoms with Gasteiger partial charge in [-0.25, -0.2) is 4.39 Å². The minimum atomic E-state index is -0.562. The van der Waals surface area contributed by atoms with E-state index < -0.39 is 5.24 Å². The van der Waals surface area contributed by atoms with Gasteiger partial charge >= 0.3 is 0 Å². The largest absolute Gasteiger partial charge is 0.276 e. The lowest BCUT2D eigenvalue weighted by molar-refractivity contribution is 0.108. The van der Waals surface area contributed by atoms with Gasteiger partial charge in [-0.05, 0) is 23.7 Å². The van der Waals surface area contributed by atoms with Crippen molar-refractivity contribution in [3.8, 4) is 0 Å². The van der Waals surface area contributed by atoms with Crippen LogP contribution in [-0.4, -0.2) is 13.1 Å². The van der Waals surface area contributed by atoms with E-state index in [9.17, 15) is 9.18 Å². The summed E-state index contributed by atoms with van der Waals surface area (Å²) in [5, 5.41) is -0.562. The highest BCUT2D eigenvalue weighted by Crippen LogP contribution is 2.02. The van der Waals surface area contributed by atoms with Gasteiger partial charge in [0.05, 0.1) is 0 Å². The Morgan fingerprint density at radius 2 is 2.18 bits per heavy atom. The third-order valence-corrected chi connectivity index (χ3v) is 1.60.